The number of halogens is 2. The third-order valence-corrected chi connectivity index (χ3v) is 6.17. The van der Waals surface area contributed by atoms with E-state index in [0.29, 0.717) is 16.3 Å². The maximum atomic E-state index is 13.2. The first kappa shape index (κ1) is 19.0. The van der Waals surface area contributed by atoms with Crippen molar-refractivity contribution >= 4 is 22.0 Å². The SMILES string of the molecule is Cc1sc2nc(CN(CCF)c3ccc(F)cc3)cc(=O)n2c1[C@@H]1C[C@H]1CO. The lowest BCUT2D eigenvalue weighted by Crippen LogP contribution is -2.27. The zero-order valence-electron chi connectivity index (χ0n) is 15.4. The van der Waals surface area contributed by atoms with Crippen molar-refractivity contribution in [3.63, 3.8) is 0 Å². The summed E-state index contributed by atoms with van der Waals surface area (Å²) in [4.78, 5) is 20.8. The molecule has 148 valence electrons. The second kappa shape index (κ2) is 7.60. The van der Waals surface area contributed by atoms with Crippen molar-refractivity contribution in [2.75, 3.05) is 24.7 Å². The number of hydrogen-bond acceptors (Lipinski definition) is 5. The number of anilines is 1. The van der Waals surface area contributed by atoms with Crippen LogP contribution in [0.5, 0.6) is 0 Å². The smallest absolute Gasteiger partial charge is 0.259 e. The second-order valence-electron chi connectivity index (χ2n) is 7.12. The van der Waals surface area contributed by atoms with Crippen LogP contribution < -0.4 is 10.5 Å². The molecule has 1 saturated carbocycles. The van der Waals surface area contributed by atoms with Crippen LogP contribution in [0.1, 0.15) is 28.6 Å². The van der Waals surface area contributed by atoms with Gasteiger partial charge in [0.15, 0.2) is 4.96 Å². The van der Waals surface area contributed by atoms with E-state index in [4.69, 9.17) is 0 Å². The summed E-state index contributed by atoms with van der Waals surface area (Å²) in [7, 11) is 0. The number of aliphatic hydroxyl groups excluding tert-OH is 1. The lowest BCUT2D eigenvalue weighted by atomic mass is 10.2. The number of rotatable bonds is 7. The van der Waals surface area contributed by atoms with Gasteiger partial charge < -0.3 is 10.0 Å². The van der Waals surface area contributed by atoms with Gasteiger partial charge in [-0.1, -0.05) is 0 Å². The number of aromatic nitrogens is 2. The number of thiazole rings is 1. The van der Waals surface area contributed by atoms with Crippen molar-refractivity contribution < 1.29 is 13.9 Å². The molecule has 0 aliphatic heterocycles. The van der Waals surface area contributed by atoms with Gasteiger partial charge in [0, 0.05) is 41.4 Å². The van der Waals surface area contributed by atoms with Crippen LogP contribution in [-0.2, 0) is 6.54 Å². The summed E-state index contributed by atoms with van der Waals surface area (Å²) < 4.78 is 27.9. The van der Waals surface area contributed by atoms with Crippen molar-refractivity contribution in [2.45, 2.75) is 25.8 Å². The van der Waals surface area contributed by atoms with Gasteiger partial charge in [-0.3, -0.25) is 9.20 Å². The largest absolute Gasteiger partial charge is 0.396 e. The minimum atomic E-state index is -0.564. The maximum absolute atomic E-state index is 13.2. The first-order valence-electron chi connectivity index (χ1n) is 9.21. The zero-order valence-corrected chi connectivity index (χ0v) is 16.3. The molecule has 2 heterocycles. The molecule has 2 atom stereocenters. The quantitative estimate of drug-likeness (QED) is 0.656. The van der Waals surface area contributed by atoms with E-state index >= 15 is 0 Å². The molecule has 1 aliphatic rings. The molecule has 2 aromatic heterocycles. The van der Waals surface area contributed by atoms with Gasteiger partial charge in [-0.05, 0) is 43.5 Å². The molecular weight excluding hydrogens is 384 g/mol. The first-order valence-corrected chi connectivity index (χ1v) is 10.0. The fraction of sp³-hybridized carbons (Fsp3) is 0.400. The molecule has 4 rings (SSSR count). The molecule has 0 amide bonds. The van der Waals surface area contributed by atoms with Crippen LogP contribution in [0.3, 0.4) is 0 Å². The predicted molar refractivity (Wildman–Crippen MR) is 105 cm³/mol. The van der Waals surface area contributed by atoms with Gasteiger partial charge in [-0.2, -0.15) is 0 Å². The van der Waals surface area contributed by atoms with Gasteiger partial charge in [0.1, 0.15) is 12.5 Å². The van der Waals surface area contributed by atoms with Gasteiger partial charge >= 0.3 is 0 Å². The van der Waals surface area contributed by atoms with Crippen molar-refractivity contribution in [1.82, 2.24) is 9.38 Å². The molecule has 5 nitrogen and oxygen atoms in total. The van der Waals surface area contributed by atoms with Crippen LogP contribution in [0, 0.1) is 18.7 Å². The summed E-state index contributed by atoms with van der Waals surface area (Å²) in [6.07, 6.45) is 0.881. The average Bonchev–Trinajstić information content (AvgIpc) is 3.36. The Morgan fingerprint density at radius 2 is 2.11 bits per heavy atom. The Bertz CT molecular complexity index is 1050. The minimum Gasteiger partial charge on any atom is -0.396 e. The highest BCUT2D eigenvalue weighted by molar-refractivity contribution is 7.17. The number of alkyl halides is 1. The van der Waals surface area contributed by atoms with Gasteiger partial charge in [-0.25, -0.2) is 13.8 Å². The monoisotopic (exact) mass is 405 g/mol. The topological polar surface area (TPSA) is 57.8 Å². The summed E-state index contributed by atoms with van der Waals surface area (Å²) in [5.74, 6) is 0.0533. The molecule has 0 unspecified atom stereocenters. The van der Waals surface area contributed by atoms with Crippen LogP contribution in [0.2, 0.25) is 0 Å². The Labute approximate surface area is 164 Å². The first-order chi connectivity index (χ1) is 13.5. The van der Waals surface area contributed by atoms with Gasteiger partial charge in [0.05, 0.1) is 12.2 Å². The summed E-state index contributed by atoms with van der Waals surface area (Å²) in [6.45, 7) is 1.91. The fourth-order valence-corrected chi connectivity index (χ4v) is 4.75. The summed E-state index contributed by atoms with van der Waals surface area (Å²) in [5.41, 5.74) is 2.00. The van der Waals surface area contributed by atoms with Gasteiger partial charge in [-0.15, -0.1) is 11.3 Å². The highest BCUT2D eigenvalue weighted by Gasteiger charge is 2.41. The van der Waals surface area contributed by atoms with E-state index in [1.54, 1.807) is 21.4 Å². The van der Waals surface area contributed by atoms with Crippen LogP contribution in [0.15, 0.2) is 35.1 Å². The van der Waals surface area contributed by atoms with E-state index in [2.05, 4.69) is 4.98 Å². The molecule has 0 radical (unpaired) electrons. The second-order valence-corrected chi connectivity index (χ2v) is 8.30. The van der Waals surface area contributed by atoms with Crippen molar-refractivity contribution in [3.05, 3.63) is 62.8 Å². The fourth-order valence-electron chi connectivity index (χ4n) is 3.68. The number of fused-ring (bicyclic) bond motifs is 1. The summed E-state index contributed by atoms with van der Waals surface area (Å²) in [5, 5.41) is 9.37. The number of benzene rings is 1. The lowest BCUT2D eigenvalue weighted by Gasteiger charge is -2.23. The Hall–Kier alpha value is -2.32. The Morgan fingerprint density at radius 3 is 2.75 bits per heavy atom. The van der Waals surface area contributed by atoms with Crippen molar-refractivity contribution in [3.8, 4) is 0 Å². The van der Waals surface area contributed by atoms with Crippen LogP contribution >= 0.6 is 11.3 Å². The van der Waals surface area contributed by atoms with E-state index in [0.717, 1.165) is 17.0 Å². The molecule has 3 aromatic rings. The highest BCUT2D eigenvalue weighted by atomic mass is 32.1. The molecule has 0 saturated heterocycles. The third kappa shape index (κ3) is 3.54. The van der Waals surface area contributed by atoms with Crippen molar-refractivity contribution in [2.24, 2.45) is 5.92 Å². The lowest BCUT2D eigenvalue weighted by molar-refractivity contribution is 0.273. The number of hydrogen-bond donors (Lipinski definition) is 1. The molecule has 1 N–H and O–H groups in total. The number of nitrogens with zero attached hydrogens (tertiary/aromatic N) is 3. The Morgan fingerprint density at radius 1 is 1.36 bits per heavy atom. The molecule has 28 heavy (non-hydrogen) atoms. The summed E-state index contributed by atoms with van der Waals surface area (Å²) in [6, 6.07) is 7.31. The van der Waals surface area contributed by atoms with E-state index in [9.17, 15) is 18.7 Å². The number of aliphatic hydroxyl groups is 1. The van der Waals surface area contributed by atoms with E-state index < -0.39 is 6.67 Å². The maximum Gasteiger partial charge on any atom is 0.259 e. The third-order valence-electron chi connectivity index (χ3n) is 5.19. The molecule has 8 heteroatoms. The van der Waals surface area contributed by atoms with Crippen LogP contribution in [0.4, 0.5) is 14.5 Å². The normalized spacial score (nSPS) is 18.6. The standard InChI is InChI=1S/C20H21F2N3O2S/c1-12-19(17-8-13(17)11-26)25-18(27)9-15(23-20(25)28-12)10-24(7-6-21)16-4-2-14(22)3-5-16/h2-5,9,13,17,26H,6-8,10-11H2,1H3/t13-,17+/m0/s1. The molecule has 0 bridgehead atoms. The number of aryl methyl sites for hydroxylation is 1. The average molecular weight is 405 g/mol. The van der Waals surface area contributed by atoms with Gasteiger partial charge in [0.25, 0.3) is 5.56 Å². The minimum absolute atomic E-state index is 0.123. The van der Waals surface area contributed by atoms with Crippen LogP contribution in [-0.4, -0.2) is 34.3 Å². The Balaban J connectivity index is 1.67. The molecule has 1 aromatic carbocycles. The molecule has 1 aliphatic carbocycles. The molecule has 0 spiro atoms. The molecular formula is C20H21F2N3O2S. The van der Waals surface area contributed by atoms with Gasteiger partial charge in [0.2, 0.25) is 0 Å². The van der Waals surface area contributed by atoms with Crippen molar-refractivity contribution in [1.29, 1.82) is 0 Å². The van der Waals surface area contributed by atoms with E-state index in [1.165, 1.54) is 29.5 Å². The van der Waals surface area contributed by atoms with E-state index in [-0.39, 0.29) is 42.9 Å². The Kier molecular flexibility index (Phi) is 5.16. The van der Waals surface area contributed by atoms with E-state index in [1.807, 2.05) is 6.92 Å². The van der Waals surface area contributed by atoms with Crippen LogP contribution in [0.25, 0.3) is 4.96 Å². The molecule has 1 fully saturated rings. The summed E-state index contributed by atoms with van der Waals surface area (Å²) >= 11 is 1.45. The predicted octanol–water partition coefficient (Wildman–Crippen LogP) is 3.28. The zero-order chi connectivity index (χ0) is 19.8. The highest BCUT2D eigenvalue weighted by Crippen LogP contribution is 2.49.